The van der Waals surface area contributed by atoms with Crippen molar-refractivity contribution in [3.8, 4) is 17.1 Å². The molecule has 0 aliphatic carbocycles. The van der Waals surface area contributed by atoms with Gasteiger partial charge in [-0.05, 0) is 69.3 Å². The Balaban J connectivity index is 1.63. The Morgan fingerprint density at radius 1 is 1.15 bits per heavy atom. The number of pyridine rings is 1. The molecule has 7 heteroatoms. The minimum Gasteiger partial charge on any atom is -0.497 e. The Morgan fingerprint density at radius 3 is 2.61 bits per heavy atom. The molecule has 174 valence electrons. The third-order valence-corrected chi connectivity index (χ3v) is 6.30. The van der Waals surface area contributed by atoms with Crippen LogP contribution in [0.2, 0.25) is 0 Å². The maximum absolute atomic E-state index is 11.0. The van der Waals surface area contributed by atoms with E-state index in [2.05, 4.69) is 28.9 Å². The smallest absolute Gasteiger partial charge is 0.163 e. The van der Waals surface area contributed by atoms with E-state index in [0.717, 1.165) is 59.9 Å². The molecule has 2 aromatic heterocycles. The SMILES string of the molecule is COc1cc(C)cc(C(O)Cc2cc(N3CCC(N(C)C)CC3)nc(-c3cccnc3)n2)c1. The van der Waals surface area contributed by atoms with Crippen LogP contribution in [0.1, 0.15) is 35.8 Å². The zero-order chi connectivity index (χ0) is 23.4. The number of benzene rings is 1. The Bertz CT molecular complexity index is 1070. The summed E-state index contributed by atoms with van der Waals surface area (Å²) in [4.78, 5) is 18.5. The maximum atomic E-state index is 11.0. The van der Waals surface area contributed by atoms with Crippen molar-refractivity contribution in [2.24, 2.45) is 0 Å². The van der Waals surface area contributed by atoms with E-state index in [0.29, 0.717) is 18.3 Å². The summed E-state index contributed by atoms with van der Waals surface area (Å²) < 4.78 is 5.38. The number of hydrogen-bond donors (Lipinski definition) is 1. The van der Waals surface area contributed by atoms with E-state index in [4.69, 9.17) is 14.7 Å². The van der Waals surface area contributed by atoms with Crippen molar-refractivity contribution >= 4 is 5.82 Å². The number of anilines is 1. The molecule has 1 fully saturated rings. The number of piperidine rings is 1. The third-order valence-electron chi connectivity index (χ3n) is 6.30. The molecule has 0 saturated carbocycles. The highest BCUT2D eigenvalue weighted by Gasteiger charge is 2.23. The van der Waals surface area contributed by atoms with E-state index in [1.165, 1.54) is 0 Å². The topological polar surface area (TPSA) is 74.6 Å². The van der Waals surface area contributed by atoms with Gasteiger partial charge in [-0.3, -0.25) is 4.98 Å². The first-order valence-electron chi connectivity index (χ1n) is 11.5. The van der Waals surface area contributed by atoms with Crippen molar-refractivity contribution in [2.45, 2.75) is 38.3 Å². The summed E-state index contributed by atoms with van der Waals surface area (Å²) in [6.45, 7) is 3.90. The van der Waals surface area contributed by atoms with Crippen LogP contribution in [-0.4, -0.2) is 65.3 Å². The quantitative estimate of drug-likeness (QED) is 0.592. The number of aliphatic hydroxyl groups is 1. The number of aromatic nitrogens is 3. The van der Waals surface area contributed by atoms with E-state index < -0.39 is 6.10 Å². The fraction of sp³-hybridized carbons (Fsp3) is 0.423. The molecule has 1 atom stereocenters. The lowest BCUT2D eigenvalue weighted by molar-refractivity contribution is 0.176. The van der Waals surface area contributed by atoms with Crippen LogP contribution in [-0.2, 0) is 6.42 Å². The second kappa shape index (κ2) is 10.3. The average molecular weight is 448 g/mol. The first kappa shape index (κ1) is 23.1. The number of ether oxygens (including phenoxy) is 1. The predicted octanol–water partition coefficient (Wildman–Crippen LogP) is 3.66. The molecule has 4 rings (SSSR count). The summed E-state index contributed by atoms with van der Waals surface area (Å²) in [5, 5.41) is 11.0. The van der Waals surface area contributed by atoms with Crippen LogP contribution in [0.5, 0.6) is 5.75 Å². The minimum atomic E-state index is -0.692. The molecule has 1 unspecified atom stereocenters. The highest BCUT2D eigenvalue weighted by atomic mass is 16.5. The second-order valence-electron chi connectivity index (χ2n) is 8.97. The first-order valence-corrected chi connectivity index (χ1v) is 11.5. The van der Waals surface area contributed by atoms with Gasteiger partial charge in [-0.2, -0.15) is 0 Å². The number of rotatable bonds is 7. The number of nitrogens with zero attached hydrogens (tertiary/aromatic N) is 5. The van der Waals surface area contributed by atoms with Gasteiger partial charge in [0, 0.05) is 55.3 Å². The molecule has 1 aromatic carbocycles. The van der Waals surface area contributed by atoms with Gasteiger partial charge in [-0.15, -0.1) is 0 Å². The number of aliphatic hydroxyl groups excluding tert-OH is 1. The van der Waals surface area contributed by atoms with Gasteiger partial charge in [-0.1, -0.05) is 6.07 Å². The van der Waals surface area contributed by atoms with Crippen LogP contribution < -0.4 is 9.64 Å². The fourth-order valence-corrected chi connectivity index (χ4v) is 4.39. The van der Waals surface area contributed by atoms with Gasteiger partial charge in [0.15, 0.2) is 5.82 Å². The maximum Gasteiger partial charge on any atom is 0.163 e. The molecule has 1 saturated heterocycles. The normalized spacial score (nSPS) is 15.6. The zero-order valence-corrected chi connectivity index (χ0v) is 19.9. The Kier molecular flexibility index (Phi) is 7.20. The molecule has 0 amide bonds. The van der Waals surface area contributed by atoms with Crippen molar-refractivity contribution in [3.05, 3.63) is 65.6 Å². The summed E-state index contributed by atoms with van der Waals surface area (Å²) >= 11 is 0. The molecule has 33 heavy (non-hydrogen) atoms. The summed E-state index contributed by atoms with van der Waals surface area (Å²) in [6.07, 6.45) is 5.42. The third kappa shape index (κ3) is 5.67. The van der Waals surface area contributed by atoms with Gasteiger partial charge < -0.3 is 19.6 Å². The summed E-state index contributed by atoms with van der Waals surface area (Å²) in [5.41, 5.74) is 3.55. The lowest BCUT2D eigenvalue weighted by atomic mass is 10.0. The van der Waals surface area contributed by atoms with E-state index in [-0.39, 0.29) is 0 Å². The van der Waals surface area contributed by atoms with Crippen molar-refractivity contribution in [3.63, 3.8) is 0 Å². The van der Waals surface area contributed by atoms with Crippen LogP contribution in [0.15, 0.2) is 48.8 Å². The van der Waals surface area contributed by atoms with E-state index in [1.807, 2.05) is 43.3 Å². The predicted molar refractivity (Wildman–Crippen MR) is 131 cm³/mol. The van der Waals surface area contributed by atoms with Crippen molar-refractivity contribution < 1.29 is 9.84 Å². The van der Waals surface area contributed by atoms with Crippen molar-refractivity contribution in [1.82, 2.24) is 19.9 Å². The lowest BCUT2D eigenvalue weighted by Gasteiger charge is -2.36. The molecule has 0 spiro atoms. The van der Waals surface area contributed by atoms with Crippen LogP contribution >= 0.6 is 0 Å². The second-order valence-corrected chi connectivity index (χ2v) is 8.97. The first-order chi connectivity index (χ1) is 15.9. The monoisotopic (exact) mass is 447 g/mol. The molecule has 3 heterocycles. The molecular weight excluding hydrogens is 414 g/mol. The summed E-state index contributed by atoms with van der Waals surface area (Å²) in [5.74, 6) is 2.29. The Labute approximate surface area is 196 Å². The van der Waals surface area contributed by atoms with E-state index in [9.17, 15) is 5.11 Å². The van der Waals surface area contributed by atoms with Gasteiger partial charge >= 0.3 is 0 Å². The lowest BCUT2D eigenvalue weighted by Crippen LogP contribution is -2.42. The minimum absolute atomic E-state index is 0.392. The van der Waals surface area contributed by atoms with E-state index in [1.54, 1.807) is 19.5 Å². The van der Waals surface area contributed by atoms with Gasteiger partial charge in [0.25, 0.3) is 0 Å². The highest BCUT2D eigenvalue weighted by molar-refractivity contribution is 5.57. The highest BCUT2D eigenvalue weighted by Crippen LogP contribution is 2.28. The Morgan fingerprint density at radius 2 is 1.94 bits per heavy atom. The molecule has 1 N–H and O–H groups in total. The standard InChI is InChI=1S/C26H33N5O2/c1-18-12-20(14-23(13-18)33-4)24(32)15-21-16-25(31-10-7-22(8-11-31)30(2)3)29-26(28-21)19-6-5-9-27-17-19/h5-6,9,12-14,16-17,22,24,32H,7-8,10-11,15H2,1-4H3. The van der Waals surface area contributed by atoms with Crippen molar-refractivity contribution in [1.29, 1.82) is 0 Å². The fourth-order valence-electron chi connectivity index (χ4n) is 4.39. The molecule has 7 nitrogen and oxygen atoms in total. The Hall–Kier alpha value is -3.03. The molecule has 1 aliphatic heterocycles. The van der Waals surface area contributed by atoms with Gasteiger partial charge in [-0.25, -0.2) is 9.97 Å². The van der Waals surface area contributed by atoms with Gasteiger partial charge in [0.05, 0.1) is 13.2 Å². The largest absolute Gasteiger partial charge is 0.497 e. The van der Waals surface area contributed by atoms with Crippen molar-refractivity contribution in [2.75, 3.05) is 39.2 Å². The van der Waals surface area contributed by atoms with Gasteiger partial charge in [0.2, 0.25) is 0 Å². The van der Waals surface area contributed by atoms with E-state index >= 15 is 0 Å². The van der Waals surface area contributed by atoms with Crippen LogP contribution in [0, 0.1) is 6.92 Å². The number of methoxy groups -OCH3 is 1. The zero-order valence-electron chi connectivity index (χ0n) is 19.9. The average Bonchev–Trinajstić information content (AvgIpc) is 2.84. The van der Waals surface area contributed by atoms with Gasteiger partial charge in [0.1, 0.15) is 11.6 Å². The molecule has 3 aromatic rings. The molecule has 1 aliphatic rings. The van der Waals surface area contributed by atoms with Crippen LogP contribution in [0.4, 0.5) is 5.82 Å². The number of hydrogen-bond acceptors (Lipinski definition) is 7. The summed E-state index contributed by atoms with van der Waals surface area (Å²) in [7, 11) is 5.93. The van der Waals surface area contributed by atoms with Crippen LogP contribution in [0.3, 0.4) is 0 Å². The number of aryl methyl sites for hydroxylation is 1. The summed E-state index contributed by atoms with van der Waals surface area (Å²) in [6, 6.07) is 12.3. The molecular formula is C26H33N5O2. The molecule has 0 bridgehead atoms. The van der Waals surface area contributed by atoms with Crippen LogP contribution in [0.25, 0.3) is 11.4 Å². The molecule has 0 radical (unpaired) electrons.